The molecule has 0 bridgehead atoms. The first-order chi connectivity index (χ1) is 15.1. The van der Waals surface area contributed by atoms with E-state index >= 15 is 0 Å². The molecule has 0 aliphatic rings. The molecule has 0 aliphatic heterocycles. The van der Waals surface area contributed by atoms with Crippen molar-refractivity contribution in [1.82, 2.24) is 14.1 Å². The van der Waals surface area contributed by atoms with Crippen molar-refractivity contribution in [1.29, 1.82) is 5.26 Å². The fourth-order valence-corrected chi connectivity index (χ4v) is 3.62. The maximum absolute atomic E-state index is 12.6. The molecule has 0 atom stereocenters. The Balaban J connectivity index is 1.56. The van der Waals surface area contributed by atoms with Crippen LogP contribution < -0.4 is 10.3 Å². The van der Waals surface area contributed by atoms with Crippen molar-refractivity contribution in [3.8, 4) is 17.5 Å². The number of ether oxygens (including phenoxy) is 1. The summed E-state index contributed by atoms with van der Waals surface area (Å²) in [5.74, 6) is 0.547. The second-order valence-corrected chi connectivity index (χ2v) is 7.50. The summed E-state index contributed by atoms with van der Waals surface area (Å²) < 4.78 is 8.88. The molecular formula is C24H19ClN4O2. The summed E-state index contributed by atoms with van der Waals surface area (Å²) in [6, 6.07) is 18.4. The monoisotopic (exact) mass is 430 g/mol. The van der Waals surface area contributed by atoms with Gasteiger partial charge in [-0.2, -0.15) is 5.26 Å². The Morgan fingerprint density at radius 1 is 1.13 bits per heavy atom. The van der Waals surface area contributed by atoms with Crippen molar-refractivity contribution in [2.75, 3.05) is 7.11 Å². The van der Waals surface area contributed by atoms with Crippen LogP contribution in [0.2, 0.25) is 5.02 Å². The van der Waals surface area contributed by atoms with Crippen LogP contribution in [-0.4, -0.2) is 21.2 Å². The number of hydrogen-bond acceptors (Lipinski definition) is 4. The number of rotatable bonds is 6. The zero-order chi connectivity index (χ0) is 21.8. The van der Waals surface area contributed by atoms with E-state index in [0.29, 0.717) is 29.3 Å². The summed E-state index contributed by atoms with van der Waals surface area (Å²) in [4.78, 5) is 16.9. The number of halogens is 1. The third-order valence-corrected chi connectivity index (χ3v) is 5.23. The first-order valence-corrected chi connectivity index (χ1v) is 9.98. The molecule has 154 valence electrons. The van der Waals surface area contributed by atoms with E-state index in [-0.39, 0.29) is 5.56 Å². The van der Waals surface area contributed by atoms with Crippen LogP contribution in [0.5, 0.6) is 5.75 Å². The largest absolute Gasteiger partial charge is 0.495 e. The van der Waals surface area contributed by atoms with Gasteiger partial charge in [0.1, 0.15) is 11.8 Å². The van der Waals surface area contributed by atoms with Gasteiger partial charge >= 0.3 is 0 Å². The summed E-state index contributed by atoms with van der Waals surface area (Å²) in [5.41, 5.74) is 3.96. The maximum Gasteiger partial charge on any atom is 0.255 e. The number of hydrogen-bond donors (Lipinski definition) is 0. The molecule has 6 nitrogen and oxygen atoms in total. The molecule has 7 heteroatoms. The van der Waals surface area contributed by atoms with E-state index in [4.69, 9.17) is 21.6 Å². The number of aromatic nitrogens is 3. The third kappa shape index (κ3) is 4.52. The van der Waals surface area contributed by atoms with Crippen molar-refractivity contribution in [2.24, 2.45) is 0 Å². The quantitative estimate of drug-likeness (QED) is 0.459. The minimum atomic E-state index is -0.123. The Labute approximate surface area is 184 Å². The van der Waals surface area contributed by atoms with Crippen molar-refractivity contribution in [3.63, 3.8) is 0 Å². The van der Waals surface area contributed by atoms with Crippen LogP contribution >= 0.6 is 11.6 Å². The van der Waals surface area contributed by atoms with E-state index in [1.807, 2.05) is 34.9 Å². The lowest BCUT2D eigenvalue weighted by molar-refractivity contribution is 0.413. The van der Waals surface area contributed by atoms with Crippen molar-refractivity contribution < 1.29 is 4.74 Å². The third-order valence-electron chi connectivity index (χ3n) is 4.99. The van der Waals surface area contributed by atoms with Crippen LogP contribution in [0.25, 0.3) is 5.69 Å². The molecule has 0 spiro atoms. The lowest BCUT2D eigenvalue weighted by Gasteiger charge is -2.11. The molecule has 4 aromatic rings. The van der Waals surface area contributed by atoms with E-state index in [9.17, 15) is 4.79 Å². The van der Waals surface area contributed by atoms with Gasteiger partial charge in [0, 0.05) is 42.1 Å². The molecule has 0 unspecified atom stereocenters. The smallest absolute Gasteiger partial charge is 0.255 e. The van der Waals surface area contributed by atoms with E-state index in [1.165, 1.54) is 0 Å². The molecule has 2 aromatic heterocycles. The minimum absolute atomic E-state index is 0.123. The molecule has 0 aliphatic carbocycles. The minimum Gasteiger partial charge on any atom is -0.495 e. The lowest BCUT2D eigenvalue weighted by Crippen LogP contribution is -2.17. The van der Waals surface area contributed by atoms with Crippen LogP contribution in [0.4, 0.5) is 0 Å². The van der Waals surface area contributed by atoms with E-state index in [0.717, 1.165) is 22.5 Å². The van der Waals surface area contributed by atoms with Crippen LogP contribution in [0.3, 0.4) is 0 Å². The molecule has 0 saturated carbocycles. The molecule has 0 saturated heterocycles. The van der Waals surface area contributed by atoms with Crippen molar-refractivity contribution >= 4 is 11.6 Å². The average Bonchev–Trinajstić information content (AvgIpc) is 3.20. The van der Waals surface area contributed by atoms with Gasteiger partial charge in [-0.05, 0) is 47.5 Å². The topological polar surface area (TPSA) is 72.8 Å². The summed E-state index contributed by atoms with van der Waals surface area (Å²) in [6.45, 7) is 0.580. The van der Waals surface area contributed by atoms with Gasteiger partial charge in [0.2, 0.25) is 0 Å². The summed E-state index contributed by atoms with van der Waals surface area (Å²) in [7, 11) is 1.55. The van der Waals surface area contributed by atoms with Gasteiger partial charge in [-0.3, -0.25) is 9.36 Å². The molecule has 2 heterocycles. The Morgan fingerprint density at radius 2 is 2.00 bits per heavy atom. The summed E-state index contributed by atoms with van der Waals surface area (Å²) in [6.07, 6.45) is 5.88. The molecule has 0 fully saturated rings. The van der Waals surface area contributed by atoms with Gasteiger partial charge in [-0.1, -0.05) is 23.7 Å². The normalized spacial score (nSPS) is 10.6. The van der Waals surface area contributed by atoms with Gasteiger partial charge in [0.25, 0.3) is 5.56 Å². The molecule has 31 heavy (non-hydrogen) atoms. The van der Waals surface area contributed by atoms with Crippen LogP contribution in [0.15, 0.2) is 78.1 Å². The second-order valence-electron chi connectivity index (χ2n) is 7.06. The highest BCUT2D eigenvalue weighted by Gasteiger charge is 2.09. The maximum atomic E-state index is 12.6. The van der Waals surface area contributed by atoms with Crippen molar-refractivity contribution in [2.45, 2.75) is 13.0 Å². The molecule has 0 N–H and O–H groups in total. The van der Waals surface area contributed by atoms with E-state index in [2.05, 4.69) is 11.1 Å². The van der Waals surface area contributed by atoms with Gasteiger partial charge < -0.3 is 9.30 Å². The van der Waals surface area contributed by atoms with Crippen LogP contribution in [0.1, 0.15) is 22.4 Å². The second kappa shape index (κ2) is 8.90. The number of pyridine rings is 1. The molecule has 2 aromatic carbocycles. The number of nitriles is 1. The molecule has 0 amide bonds. The van der Waals surface area contributed by atoms with Crippen molar-refractivity contribution in [3.05, 3.63) is 111 Å². The Morgan fingerprint density at radius 3 is 2.74 bits per heavy atom. The SMILES string of the molecule is COc1cc(Cn2cncc2Cc2ccn(-c3cccc(Cl)c3)c(=O)c2)ccc1C#N. The number of nitrogens with zero attached hydrogens (tertiary/aromatic N) is 4. The summed E-state index contributed by atoms with van der Waals surface area (Å²) in [5, 5.41) is 9.73. The highest BCUT2D eigenvalue weighted by molar-refractivity contribution is 6.30. The van der Waals surface area contributed by atoms with Gasteiger partial charge in [0.05, 0.1) is 24.7 Å². The first-order valence-electron chi connectivity index (χ1n) is 9.61. The van der Waals surface area contributed by atoms with Gasteiger partial charge in [0.15, 0.2) is 0 Å². The number of benzene rings is 2. The fourth-order valence-electron chi connectivity index (χ4n) is 3.44. The van der Waals surface area contributed by atoms with Gasteiger partial charge in [-0.25, -0.2) is 4.98 Å². The lowest BCUT2D eigenvalue weighted by atomic mass is 10.1. The summed E-state index contributed by atoms with van der Waals surface area (Å²) >= 11 is 6.04. The molecular weight excluding hydrogens is 412 g/mol. The molecule has 4 rings (SSSR count). The zero-order valence-electron chi connectivity index (χ0n) is 16.8. The Bertz CT molecular complexity index is 1330. The Kier molecular flexibility index (Phi) is 5.87. The standard InChI is InChI=1S/C24H19ClN4O2/c1-31-23-10-18(5-6-19(23)13-26)15-28-16-27-14-22(28)9-17-7-8-29(24(30)11-17)21-4-2-3-20(25)12-21/h2-8,10-12,14,16H,9,15H2,1H3. The highest BCUT2D eigenvalue weighted by Crippen LogP contribution is 2.21. The predicted octanol–water partition coefficient (Wildman–Crippen LogP) is 4.21. The first kappa shape index (κ1) is 20.5. The molecule has 0 radical (unpaired) electrons. The van der Waals surface area contributed by atoms with E-state index in [1.54, 1.807) is 54.7 Å². The number of methoxy groups -OCH3 is 1. The van der Waals surface area contributed by atoms with Crippen LogP contribution in [-0.2, 0) is 13.0 Å². The van der Waals surface area contributed by atoms with Crippen LogP contribution in [0, 0.1) is 11.3 Å². The van der Waals surface area contributed by atoms with E-state index < -0.39 is 0 Å². The Hall–Kier alpha value is -3.82. The average molecular weight is 431 g/mol. The fraction of sp³-hybridized carbons (Fsp3) is 0.125. The number of imidazole rings is 1. The zero-order valence-corrected chi connectivity index (χ0v) is 17.6. The highest BCUT2D eigenvalue weighted by atomic mass is 35.5. The van der Waals surface area contributed by atoms with Gasteiger partial charge in [-0.15, -0.1) is 0 Å². The predicted molar refractivity (Wildman–Crippen MR) is 119 cm³/mol.